The topological polar surface area (TPSA) is 75.6 Å². The van der Waals surface area contributed by atoms with E-state index in [0.29, 0.717) is 26.0 Å². The van der Waals surface area contributed by atoms with Crippen LogP contribution in [0.4, 0.5) is 0 Å². The van der Waals surface area contributed by atoms with Gasteiger partial charge in [-0.15, -0.1) is 0 Å². The molecule has 1 aromatic rings. The summed E-state index contributed by atoms with van der Waals surface area (Å²) in [6.45, 7) is 0.943. The van der Waals surface area contributed by atoms with E-state index in [1.54, 1.807) is 0 Å². The molecule has 20 heavy (non-hydrogen) atoms. The van der Waals surface area contributed by atoms with Crippen molar-refractivity contribution >= 4 is 11.9 Å². The van der Waals surface area contributed by atoms with E-state index in [-0.39, 0.29) is 12.3 Å². The molecule has 0 heterocycles. The van der Waals surface area contributed by atoms with E-state index >= 15 is 0 Å². The number of ether oxygens (including phenoxy) is 1. The first kappa shape index (κ1) is 16.0. The van der Waals surface area contributed by atoms with Gasteiger partial charge in [0.15, 0.2) is 0 Å². The Morgan fingerprint density at radius 3 is 2.50 bits per heavy atom. The van der Waals surface area contributed by atoms with Crippen molar-refractivity contribution in [2.75, 3.05) is 13.2 Å². The average Bonchev–Trinajstić information content (AvgIpc) is 2.43. The molecule has 1 aromatic carbocycles. The first-order valence-electron chi connectivity index (χ1n) is 6.85. The number of amides is 1. The second-order valence-corrected chi connectivity index (χ2v) is 4.47. The molecule has 0 unspecified atom stereocenters. The fourth-order valence-corrected chi connectivity index (χ4v) is 1.67. The molecule has 1 rings (SSSR count). The number of benzene rings is 1. The Kier molecular flexibility index (Phi) is 7.87. The highest BCUT2D eigenvalue weighted by Gasteiger charge is 2.02. The number of aliphatic carboxylic acids is 1. The standard InChI is InChI=1S/C15H21NO4/c17-14(16-11-6-2-5-9-15(18)19)10-12-20-13-7-3-1-4-8-13/h1,3-4,7-8H,2,5-6,9-12H2,(H,16,17)(H,18,19). The zero-order chi connectivity index (χ0) is 14.6. The van der Waals surface area contributed by atoms with Crippen molar-refractivity contribution < 1.29 is 19.4 Å². The summed E-state index contributed by atoms with van der Waals surface area (Å²) in [6.07, 6.45) is 2.79. The third-order valence-corrected chi connectivity index (χ3v) is 2.73. The summed E-state index contributed by atoms with van der Waals surface area (Å²) in [4.78, 5) is 21.8. The second kappa shape index (κ2) is 9.83. The molecule has 0 saturated carbocycles. The first-order valence-corrected chi connectivity index (χ1v) is 6.85. The van der Waals surface area contributed by atoms with Crippen LogP contribution in [0, 0.1) is 0 Å². The summed E-state index contributed by atoms with van der Waals surface area (Å²) < 4.78 is 5.42. The third-order valence-electron chi connectivity index (χ3n) is 2.73. The summed E-state index contributed by atoms with van der Waals surface area (Å²) in [7, 11) is 0. The van der Waals surface area contributed by atoms with Crippen molar-refractivity contribution in [3.05, 3.63) is 30.3 Å². The normalized spacial score (nSPS) is 10.0. The minimum atomic E-state index is -0.771. The van der Waals surface area contributed by atoms with Crippen LogP contribution >= 0.6 is 0 Å². The van der Waals surface area contributed by atoms with Gasteiger partial charge in [0.05, 0.1) is 13.0 Å². The molecule has 2 N–H and O–H groups in total. The molecular formula is C15H21NO4. The molecule has 1 amide bonds. The Morgan fingerprint density at radius 1 is 1.05 bits per heavy atom. The SMILES string of the molecule is O=C(O)CCCCCNC(=O)CCOc1ccccc1. The van der Waals surface area contributed by atoms with Crippen LogP contribution in [-0.4, -0.2) is 30.1 Å². The third kappa shape index (κ3) is 8.13. The van der Waals surface area contributed by atoms with Gasteiger partial charge in [0.25, 0.3) is 0 Å². The Balaban J connectivity index is 1.97. The molecule has 0 aliphatic rings. The predicted octanol–water partition coefficient (Wildman–Crippen LogP) is 2.22. The number of hydrogen-bond acceptors (Lipinski definition) is 3. The maximum absolute atomic E-state index is 11.5. The summed E-state index contributed by atoms with van der Waals surface area (Å²) in [5.74, 6) is -0.0553. The van der Waals surface area contributed by atoms with Crippen LogP contribution in [0.1, 0.15) is 32.1 Å². The minimum absolute atomic E-state index is 0.0424. The van der Waals surface area contributed by atoms with Gasteiger partial charge in [-0.05, 0) is 25.0 Å². The van der Waals surface area contributed by atoms with Crippen molar-refractivity contribution in [1.29, 1.82) is 0 Å². The van der Waals surface area contributed by atoms with Gasteiger partial charge in [-0.25, -0.2) is 0 Å². The van der Waals surface area contributed by atoms with Gasteiger partial charge in [0.2, 0.25) is 5.91 Å². The number of hydrogen-bond donors (Lipinski definition) is 2. The highest BCUT2D eigenvalue weighted by molar-refractivity contribution is 5.75. The molecule has 0 fully saturated rings. The Labute approximate surface area is 118 Å². The number of carboxylic acid groups (broad SMARTS) is 1. The molecule has 0 spiro atoms. The average molecular weight is 279 g/mol. The van der Waals surface area contributed by atoms with E-state index in [0.717, 1.165) is 18.6 Å². The van der Waals surface area contributed by atoms with Crippen LogP contribution in [0.5, 0.6) is 5.75 Å². The predicted molar refractivity (Wildman–Crippen MR) is 75.7 cm³/mol. The van der Waals surface area contributed by atoms with Gasteiger partial charge < -0.3 is 15.2 Å². The van der Waals surface area contributed by atoms with Gasteiger partial charge >= 0.3 is 5.97 Å². The van der Waals surface area contributed by atoms with Gasteiger partial charge in [-0.1, -0.05) is 24.6 Å². The van der Waals surface area contributed by atoms with Crippen molar-refractivity contribution in [3.8, 4) is 5.75 Å². The Hall–Kier alpha value is -2.04. The zero-order valence-corrected chi connectivity index (χ0v) is 11.5. The van der Waals surface area contributed by atoms with E-state index < -0.39 is 5.97 Å². The molecule has 0 saturated heterocycles. The second-order valence-electron chi connectivity index (χ2n) is 4.47. The van der Waals surface area contributed by atoms with Crippen molar-refractivity contribution in [2.45, 2.75) is 32.1 Å². The van der Waals surface area contributed by atoms with E-state index in [4.69, 9.17) is 9.84 Å². The lowest BCUT2D eigenvalue weighted by Crippen LogP contribution is -2.25. The Morgan fingerprint density at radius 2 is 1.80 bits per heavy atom. The number of carboxylic acids is 1. The lowest BCUT2D eigenvalue weighted by molar-refractivity contribution is -0.137. The number of para-hydroxylation sites is 1. The lowest BCUT2D eigenvalue weighted by atomic mass is 10.2. The molecule has 0 aromatic heterocycles. The number of nitrogens with one attached hydrogen (secondary N) is 1. The van der Waals surface area contributed by atoms with Gasteiger partial charge in [-0.2, -0.15) is 0 Å². The van der Waals surface area contributed by atoms with Crippen LogP contribution in [0.15, 0.2) is 30.3 Å². The molecule has 5 nitrogen and oxygen atoms in total. The van der Waals surface area contributed by atoms with Gasteiger partial charge in [0, 0.05) is 13.0 Å². The van der Waals surface area contributed by atoms with E-state index in [1.807, 2.05) is 30.3 Å². The van der Waals surface area contributed by atoms with Gasteiger partial charge in [-0.3, -0.25) is 9.59 Å². The molecular weight excluding hydrogens is 258 g/mol. The molecule has 110 valence electrons. The molecule has 0 radical (unpaired) electrons. The largest absolute Gasteiger partial charge is 0.493 e. The highest BCUT2D eigenvalue weighted by atomic mass is 16.5. The van der Waals surface area contributed by atoms with Crippen LogP contribution in [-0.2, 0) is 9.59 Å². The monoisotopic (exact) mass is 279 g/mol. The smallest absolute Gasteiger partial charge is 0.303 e. The fraction of sp³-hybridized carbons (Fsp3) is 0.467. The fourth-order valence-electron chi connectivity index (χ4n) is 1.67. The van der Waals surface area contributed by atoms with Crippen LogP contribution < -0.4 is 10.1 Å². The molecule has 0 bridgehead atoms. The number of carbonyl (C=O) groups is 2. The Bertz CT molecular complexity index is 406. The summed E-state index contributed by atoms with van der Waals surface area (Å²) in [6, 6.07) is 9.36. The number of rotatable bonds is 10. The van der Waals surface area contributed by atoms with Crippen LogP contribution in [0.3, 0.4) is 0 Å². The number of unbranched alkanes of at least 4 members (excludes halogenated alkanes) is 2. The van der Waals surface area contributed by atoms with Crippen LogP contribution in [0.25, 0.3) is 0 Å². The molecule has 0 aliphatic carbocycles. The number of carbonyl (C=O) groups excluding carboxylic acids is 1. The van der Waals surface area contributed by atoms with Crippen molar-refractivity contribution in [1.82, 2.24) is 5.32 Å². The van der Waals surface area contributed by atoms with Crippen molar-refractivity contribution in [2.24, 2.45) is 0 Å². The highest BCUT2D eigenvalue weighted by Crippen LogP contribution is 2.08. The van der Waals surface area contributed by atoms with E-state index in [2.05, 4.69) is 5.32 Å². The molecule has 0 atom stereocenters. The van der Waals surface area contributed by atoms with Crippen LogP contribution in [0.2, 0.25) is 0 Å². The van der Waals surface area contributed by atoms with E-state index in [1.165, 1.54) is 0 Å². The van der Waals surface area contributed by atoms with E-state index in [9.17, 15) is 9.59 Å². The maximum Gasteiger partial charge on any atom is 0.303 e. The molecule has 5 heteroatoms. The van der Waals surface area contributed by atoms with Crippen molar-refractivity contribution in [3.63, 3.8) is 0 Å². The molecule has 0 aliphatic heterocycles. The van der Waals surface area contributed by atoms with Gasteiger partial charge in [0.1, 0.15) is 5.75 Å². The first-order chi connectivity index (χ1) is 9.68. The lowest BCUT2D eigenvalue weighted by Gasteiger charge is -2.07. The quantitative estimate of drug-likeness (QED) is 0.644. The summed E-state index contributed by atoms with van der Waals surface area (Å²) >= 11 is 0. The zero-order valence-electron chi connectivity index (χ0n) is 11.5. The summed E-state index contributed by atoms with van der Waals surface area (Å²) in [5.41, 5.74) is 0. The summed E-state index contributed by atoms with van der Waals surface area (Å²) in [5, 5.41) is 11.3. The minimum Gasteiger partial charge on any atom is -0.493 e. The maximum atomic E-state index is 11.5.